The molecule has 0 spiro atoms. The highest BCUT2D eigenvalue weighted by atomic mass is 79.9. The first-order valence-electron chi connectivity index (χ1n) is 7.30. The third-order valence-corrected chi connectivity index (χ3v) is 4.29. The number of carbonyl (C=O) groups excluding carboxylic acids is 1. The van der Waals surface area contributed by atoms with E-state index in [1.54, 1.807) is 11.1 Å². The molecule has 7 nitrogen and oxygen atoms in total. The number of H-pyrrole nitrogens is 1. The molecular weight excluding hydrogens is 352 g/mol. The fourth-order valence-electron chi connectivity index (χ4n) is 2.86. The molecule has 2 rings (SSSR count). The second kappa shape index (κ2) is 6.68. The molecule has 0 unspecified atom stereocenters. The largest absolute Gasteiger partial charge is 0.465 e. The highest BCUT2D eigenvalue weighted by molar-refractivity contribution is 9.10. The Morgan fingerprint density at radius 3 is 2.73 bits per heavy atom. The number of hydrogen-bond donors (Lipinski definition) is 3. The number of carboxylic acid groups (broad SMARTS) is 1. The van der Waals surface area contributed by atoms with Gasteiger partial charge in [-0.3, -0.25) is 4.79 Å². The monoisotopic (exact) mass is 372 g/mol. The molecule has 122 valence electrons. The Kier molecular flexibility index (Phi) is 5.10. The molecule has 2 amide bonds. The van der Waals surface area contributed by atoms with Crippen LogP contribution >= 0.6 is 15.9 Å². The van der Waals surface area contributed by atoms with E-state index < -0.39 is 12.1 Å². The average molecular weight is 373 g/mol. The van der Waals surface area contributed by atoms with Crippen LogP contribution in [0.4, 0.5) is 4.79 Å². The number of carbonyl (C=O) groups is 2. The summed E-state index contributed by atoms with van der Waals surface area (Å²) in [6.45, 7) is 6.34. The average Bonchev–Trinajstić information content (AvgIpc) is 3.00. The van der Waals surface area contributed by atoms with Crippen molar-refractivity contribution < 1.29 is 14.7 Å². The van der Waals surface area contributed by atoms with Gasteiger partial charge in [0, 0.05) is 6.54 Å². The Morgan fingerprint density at radius 1 is 1.55 bits per heavy atom. The van der Waals surface area contributed by atoms with Crippen LogP contribution in [0, 0.1) is 11.8 Å². The van der Waals surface area contributed by atoms with Crippen LogP contribution in [-0.4, -0.2) is 44.6 Å². The van der Waals surface area contributed by atoms with E-state index in [4.69, 9.17) is 5.11 Å². The lowest BCUT2D eigenvalue weighted by Crippen LogP contribution is -2.50. The zero-order chi connectivity index (χ0) is 16.4. The second-order valence-electron chi connectivity index (χ2n) is 6.13. The molecule has 8 heteroatoms. The van der Waals surface area contributed by atoms with Gasteiger partial charge in [0.25, 0.3) is 0 Å². The van der Waals surface area contributed by atoms with Gasteiger partial charge in [-0.15, -0.1) is 0 Å². The minimum Gasteiger partial charge on any atom is -0.465 e. The van der Waals surface area contributed by atoms with Crippen LogP contribution in [0.5, 0.6) is 0 Å². The summed E-state index contributed by atoms with van der Waals surface area (Å²) in [7, 11) is 0. The Morgan fingerprint density at radius 2 is 2.23 bits per heavy atom. The molecule has 3 atom stereocenters. The molecule has 3 N–H and O–H groups in total. The number of amides is 2. The molecule has 0 aromatic carbocycles. The van der Waals surface area contributed by atoms with Crippen molar-refractivity contribution >= 4 is 27.9 Å². The number of likely N-dealkylation sites (tertiary alicyclic amines) is 1. The molecule has 1 aliphatic heterocycles. The molecule has 1 saturated heterocycles. The van der Waals surface area contributed by atoms with Gasteiger partial charge in [-0.1, -0.05) is 20.8 Å². The number of nitrogens with zero attached hydrogens (tertiary/aromatic N) is 2. The fourth-order valence-corrected chi connectivity index (χ4v) is 3.16. The maximum Gasteiger partial charge on any atom is 0.405 e. The van der Waals surface area contributed by atoms with Crippen LogP contribution in [0.3, 0.4) is 0 Å². The molecule has 22 heavy (non-hydrogen) atoms. The molecule has 0 radical (unpaired) electrons. The minimum atomic E-state index is -1.18. The SMILES string of the molecule is CC(C)[C@H](NC(=O)O)C(=O)N1C[C@@H](C)C[C@H]1c1ncc(Br)[nH]1. The number of rotatable bonds is 4. The van der Waals surface area contributed by atoms with Gasteiger partial charge in [0.15, 0.2) is 0 Å². The van der Waals surface area contributed by atoms with Crippen LogP contribution in [0.2, 0.25) is 0 Å². The highest BCUT2D eigenvalue weighted by Gasteiger charge is 2.39. The van der Waals surface area contributed by atoms with E-state index in [-0.39, 0.29) is 17.9 Å². The maximum absolute atomic E-state index is 12.8. The van der Waals surface area contributed by atoms with Crippen molar-refractivity contribution in [3.63, 3.8) is 0 Å². The Hall–Kier alpha value is -1.57. The second-order valence-corrected chi connectivity index (χ2v) is 6.99. The standard InChI is InChI=1S/C14H21BrN4O3/c1-7(2)11(18-14(21)22)13(20)19-6-8(3)4-9(19)12-16-5-10(15)17-12/h5,7-9,11,18H,4,6H2,1-3H3,(H,16,17)(H,21,22)/t8-,9-,11-/m0/s1. The Balaban J connectivity index is 2.23. The molecule has 0 bridgehead atoms. The number of nitrogens with one attached hydrogen (secondary N) is 2. The number of halogens is 1. The molecule has 2 heterocycles. The van der Waals surface area contributed by atoms with E-state index in [1.165, 1.54) is 0 Å². The third-order valence-electron chi connectivity index (χ3n) is 3.89. The zero-order valence-corrected chi connectivity index (χ0v) is 14.4. The van der Waals surface area contributed by atoms with Gasteiger partial charge in [-0.2, -0.15) is 0 Å². The Labute approximate surface area is 137 Å². The van der Waals surface area contributed by atoms with Gasteiger partial charge < -0.3 is 20.3 Å². The predicted molar refractivity (Wildman–Crippen MR) is 84.3 cm³/mol. The molecule has 1 fully saturated rings. The topological polar surface area (TPSA) is 98.3 Å². The van der Waals surface area contributed by atoms with Crippen molar-refractivity contribution in [3.05, 3.63) is 16.6 Å². The van der Waals surface area contributed by atoms with E-state index in [2.05, 4.69) is 38.1 Å². The molecule has 0 aliphatic carbocycles. The molecular formula is C14H21BrN4O3. The van der Waals surface area contributed by atoms with E-state index in [9.17, 15) is 9.59 Å². The van der Waals surface area contributed by atoms with Crippen LogP contribution in [0.25, 0.3) is 0 Å². The van der Waals surface area contributed by atoms with Crippen molar-refractivity contribution in [3.8, 4) is 0 Å². The number of aromatic amines is 1. The lowest BCUT2D eigenvalue weighted by atomic mass is 10.0. The van der Waals surface area contributed by atoms with Gasteiger partial charge in [0.1, 0.15) is 16.5 Å². The highest BCUT2D eigenvalue weighted by Crippen LogP contribution is 2.35. The van der Waals surface area contributed by atoms with Gasteiger partial charge in [0.05, 0.1) is 12.2 Å². The van der Waals surface area contributed by atoms with Crippen LogP contribution < -0.4 is 5.32 Å². The van der Waals surface area contributed by atoms with Gasteiger partial charge >= 0.3 is 6.09 Å². The van der Waals surface area contributed by atoms with Crippen LogP contribution in [0.1, 0.15) is 39.1 Å². The lowest BCUT2D eigenvalue weighted by molar-refractivity contribution is -0.135. The van der Waals surface area contributed by atoms with E-state index in [0.717, 1.165) is 16.8 Å². The van der Waals surface area contributed by atoms with Gasteiger partial charge in [0.2, 0.25) is 5.91 Å². The quantitative estimate of drug-likeness (QED) is 0.755. The van der Waals surface area contributed by atoms with E-state index in [0.29, 0.717) is 12.5 Å². The Bertz CT molecular complexity index is 560. The predicted octanol–water partition coefficient (Wildman–Crippen LogP) is 2.37. The lowest BCUT2D eigenvalue weighted by Gasteiger charge is -2.29. The summed E-state index contributed by atoms with van der Waals surface area (Å²) in [5.74, 6) is 0.751. The summed E-state index contributed by atoms with van der Waals surface area (Å²) in [6, 6.07) is -0.894. The minimum absolute atomic E-state index is 0.122. The first-order chi connectivity index (χ1) is 10.3. The van der Waals surface area contributed by atoms with Gasteiger partial charge in [-0.25, -0.2) is 9.78 Å². The maximum atomic E-state index is 12.8. The number of hydrogen-bond acceptors (Lipinski definition) is 3. The summed E-state index contributed by atoms with van der Waals surface area (Å²) in [6.07, 6.45) is 1.29. The molecule has 1 aromatic rings. The summed E-state index contributed by atoms with van der Waals surface area (Å²) in [5.41, 5.74) is 0. The normalized spacial score (nSPS) is 22.9. The first-order valence-corrected chi connectivity index (χ1v) is 8.09. The van der Waals surface area contributed by atoms with Crippen molar-refractivity contribution in [2.24, 2.45) is 11.8 Å². The fraction of sp³-hybridized carbons (Fsp3) is 0.643. The molecule has 1 aromatic heterocycles. The van der Waals surface area contributed by atoms with Crippen LogP contribution in [0.15, 0.2) is 10.8 Å². The van der Waals surface area contributed by atoms with E-state index >= 15 is 0 Å². The summed E-state index contributed by atoms with van der Waals surface area (Å²) in [4.78, 5) is 32.9. The van der Waals surface area contributed by atoms with Gasteiger partial charge in [-0.05, 0) is 34.2 Å². The number of aromatic nitrogens is 2. The smallest absolute Gasteiger partial charge is 0.405 e. The van der Waals surface area contributed by atoms with Crippen LogP contribution in [-0.2, 0) is 4.79 Å². The van der Waals surface area contributed by atoms with Crippen molar-refractivity contribution in [2.45, 2.75) is 39.3 Å². The van der Waals surface area contributed by atoms with Crippen molar-refractivity contribution in [1.82, 2.24) is 20.2 Å². The van der Waals surface area contributed by atoms with Crippen molar-refractivity contribution in [1.29, 1.82) is 0 Å². The number of imidazole rings is 1. The summed E-state index contributed by atoms with van der Waals surface area (Å²) >= 11 is 3.32. The van der Waals surface area contributed by atoms with E-state index in [1.807, 2.05) is 13.8 Å². The zero-order valence-electron chi connectivity index (χ0n) is 12.8. The first kappa shape index (κ1) is 16.8. The molecule has 0 saturated carbocycles. The summed E-state index contributed by atoms with van der Waals surface area (Å²) in [5, 5.41) is 11.3. The molecule has 1 aliphatic rings. The van der Waals surface area contributed by atoms with Crippen molar-refractivity contribution in [2.75, 3.05) is 6.54 Å². The summed E-state index contributed by atoms with van der Waals surface area (Å²) < 4.78 is 0.763. The third kappa shape index (κ3) is 3.60.